The zero-order valence-electron chi connectivity index (χ0n) is 3.73. The van der Waals surface area contributed by atoms with Gasteiger partial charge in [-0.25, -0.2) is 0 Å². The van der Waals surface area contributed by atoms with Gasteiger partial charge in [0.05, 0.1) is 0 Å². The van der Waals surface area contributed by atoms with Gasteiger partial charge < -0.3 is 4.99 Å². The maximum absolute atomic E-state index is 3.85. The van der Waals surface area contributed by atoms with Gasteiger partial charge in [0, 0.05) is 6.54 Å². The smallest absolute Gasteiger partial charge is 0.153 e. The van der Waals surface area contributed by atoms with Crippen LogP contribution in [0, 0.1) is 0 Å². The molecule has 0 saturated heterocycles. The normalized spacial score (nSPS) is 9.80. The summed E-state index contributed by atoms with van der Waals surface area (Å²) in [6.45, 7) is 2.93. The summed E-state index contributed by atoms with van der Waals surface area (Å²) in [5.74, 6) is 0. The molecule has 2 heteroatoms. The highest BCUT2D eigenvalue weighted by Gasteiger charge is 1.51. The Bertz CT molecular complexity index is 33.9. The van der Waals surface area contributed by atoms with Gasteiger partial charge in [-0.3, -0.25) is 0 Å². The quantitative estimate of drug-likeness (QED) is 0.295. The van der Waals surface area contributed by atoms with Crippen LogP contribution in [-0.4, -0.2) is 20.5 Å². The van der Waals surface area contributed by atoms with Crippen molar-refractivity contribution >= 4 is 14.0 Å². The number of rotatable bonds is 1. The Hall–Kier alpha value is -0.265. The highest BCUT2D eigenvalue weighted by molar-refractivity contribution is 6.49. The maximum atomic E-state index is 3.85. The molecule has 5 heavy (non-hydrogen) atoms. The Labute approximate surface area is 33.5 Å². The minimum absolute atomic E-state index is 0.913. The topological polar surface area (TPSA) is 12.4 Å². The number of hydrogen-bond acceptors (Lipinski definition) is 1. The van der Waals surface area contributed by atoms with Crippen LogP contribution in [0.15, 0.2) is 4.99 Å². The molecule has 0 aliphatic heterocycles. The molecule has 0 unspecified atom stereocenters. The van der Waals surface area contributed by atoms with Crippen LogP contribution in [0.3, 0.4) is 0 Å². The van der Waals surface area contributed by atoms with Crippen molar-refractivity contribution < 1.29 is 0 Å². The molecule has 0 saturated carbocycles. The standard InChI is InChI=1S/C3H8BN/c1-2-5-3-4/h3H,2,4H2,1H3. The van der Waals surface area contributed by atoms with Crippen LogP contribution in [0.5, 0.6) is 0 Å². The molecule has 0 bridgehead atoms. The summed E-state index contributed by atoms with van der Waals surface area (Å²) in [5.41, 5.74) is 0. The van der Waals surface area contributed by atoms with Gasteiger partial charge in [-0.1, -0.05) is 0 Å². The van der Waals surface area contributed by atoms with Gasteiger partial charge >= 0.3 is 0 Å². The lowest BCUT2D eigenvalue weighted by atomic mass is 10.2. The Kier molecular flexibility index (Phi) is 3.54. The van der Waals surface area contributed by atoms with E-state index in [2.05, 4.69) is 4.99 Å². The van der Waals surface area contributed by atoms with Crippen molar-refractivity contribution in [2.24, 2.45) is 4.99 Å². The van der Waals surface area contributed by atoms with Crippen molar-refractivity contribution in [3.63, 3.8) is 0 Å². The lowest BCUT2D eigenvalue weighted by Gasteiger charge is -1.68. The Balaban J connectivity index is 2.62. The number of nitrogens with zero attached hydrogens (tertiary/aromatic N) is 1. The lowest BCUT2D eigenvalue weighted by molar-refractivity contribution is 1.15. The number of aliphatic imine (C=N–C) groups is 1. The van der Waals surface area contributed by atoms with Crippen LogP contribution < -0.4 is 0 Å². The fourth-order valence-corrected chi connectivity index (χ4v) is 0.183. The second kappa shape index (κ2) is 3.73. The van der Waals surface area contributed by atoms with Gasteiger partial charge in [-0.05, 0) is 13.0 Å². The van der Waals surface area contributed by atoms with E-state index in [1.807, 2.05) is 14.8 Å². The molecule has 0 spiro atoms. The summed E-state index contributed by atoms with van der Waals surface area (Å²) in [6, 6.07) is 0. The first-order valence-corrected chi connectivity index (χ1v) is 1.86. The van der Waals surface area contributed by atoms with Crippen molar-refractivity contribution in [2.45, 2.75) is 6.92 Å². The molecule has 0 aliphatic rings. The SMILES string of the molecule is BC=NCC. The molecule has 0 aromatic heterocycles. The molecular formula is C3H8BN. The summed E-state index contributed by atoms with van der Waals surface area (Å²) < 4.78 is 0. The van der Waals surface area contributed by atoms with E-state index in [-0.39, 0.29) is 0 Å². The Morgan fingerprint density at radius 2 is 2.60 bits per heavy atom. The fourth-order valence-electron chi connectivity index (χ4n) is 0.183. The van der Waals surface area contributed by atoms with Gasteiger partial charge in [-0.2, -0.15) is 0 Å². The molecule has 0 heterocycles. The summed E-state index contributed by atoms with van der Waals surface area (Å²) in [6.07, 6.45) is 1.81. The average molecular weight is 68.9 g/mol. The van der Waals surface area contributed by atoms with Crippen LogP contribution in [0.2, 0.25) is 0 Å². The maximum Gasteiger partial charge on any atom is 0.153 e. The molecule has 1 nitrogen and oxygen atoms in total. The van der Waals surface area contributed by atoms with E-state index in [4.69, 9.17) is 0 Å². The zero-order chi connectivity index (χ0) is 4.12. The minimum Gasteiger partial charge on any atom is -0.308 e. The second-order valence-electron chi connectivity index (χ2n) is 0.757. The van der Waals surface area contributed by atoms with Crippen LogP contribution in [0.4, 0.5) is 0 Å². The van der Waals surface area contributed by atoms with Gasteiger partial charge in [0.15, 0.2) is 7.85 Å². The molecule has 0 aromatic carbocycles. The first kappa shape index (κ1) is 4.73. The zero-order valence-corrected chi connectivity index (χ0v) is 3.73. The van der Waals surface area contributed by atoms with E-state index in [9.17, 15) is 0 Å². The fraction of sp³-hybridized carbons (Fsp3) is 0.667. The second-order valence-corrected chi connectivity index (χ2v) is 0.757. The van der Waals surface area contributed by atoms with E-state index in [1.165, 1.54) is 0 Å². The van der Waals surface area contributed by atoms with Crippen molar-refractivity contribution in [1.29, 1.82) is 0 Å². The summed E-state index contributed by atoms with van der Waals surface area (Å²) in [5, 5.41) is 0. The molecule has 0 aliphatic carbocycles. The molecule has 0 aromatic rings. The van der Waals surface area contributed by atoms with E-state index < -0.39 is 0 Å². The molecule has 0 rings (SSSR count). The molecule has 28 valence electrons. The minimum atomic E-state index is 0.913. The van der Waals surface area contributed by atoms with Crippen LogP contribution in [0.1, 0.15) is 6.92 Å². The number of hydrogen-bond donors (Lipinski definition) is 0. The van der Waals surface area contributed by atoms with Crippen LogP contribution >= 0.6 is 0 Å². The van der Waals surface area contributed by atoms with Gasteiger partial charge in [0.25, 0.3) is 0 Å². The van der Waals surface area contributed by atoms with E-state index in [0.29, 0.717) is 0 Å². The van der Waals surface area contributed by atoms with Crippen LogP contribution in [0.25, 0.3) is 0 Å². The molecule has 0 N–H and O–H groups in total. The Morgan fingerprint density at radius 3 is 2.60 bits per heavy atom. The monoisotopic (exact) mass is 69.1 g/mol. The molecule has 0 radical (unpaired) electrons. The van der Waals surface area contributed by atoms with E-state index in [1.54, 1.807) is 6.11 Å². The average Bonchev–Trinajstić information content (AvgIpc) is 1.41. The highest BCUT2D eigenvalue weighted by Crippen LogP contribution is 1.54. The summed E-state index contributed by atoms with van der Waals surface area (Å²) in [7, 11) is 1.92. The third-order valence-corrected chi connectivity index (χ3v) is 0.365. The summed E-state index contributed by atoms with van der Waals surface area (Å²) >= 11 is 0. The molecule has 0 atom stereocenters. The van der Waals surface area contributed by atoms with Crippen molar-refractivity contribution in [3.8, 4) is 0 Å². The van der Waals surface area contributed by atoms with Gasteiger partial charge in [0.2, 0.25) is 0 Å². The predicted molar refractivity (Wildman–Crippen MR) is 27.6 cm³/mol. The Morgan fingerprint density at radius 1 is 2.00 bits per heavy atom. The molecule has 0 amide bonds. The third kappa shape index (κ3) is 3.73. The van der Waals surface area contributed by atoms with Gasteiger partial charge in [0.1, 0.15) is 0 Å². The first-order chi connectivity index (χ1) is 2.41. The van der Waals surface area contributed by atoms with Crippen molar-refractivity contribution in [3.05, 3.63) is 0 Å². The van der Waals surface area contributed by atoms with Crippen molar-refractivity contribution in [2.75, 3.05) is 6.54 Å². The van der Waals surface area contributed by atoms with Crippen LogP contribution in [-0.2, 0) is 0 Å². The predicted octanol–water partition coefficient (Wildman–Crippen LogP) is -0.332. The van der Waals surface area contributed by atoms with Gasteiger partial charge in [-0.15, -0.1) is 0 Å². The molecule has 0 fully saturated rings. The largest absolute Gasteiger partial charge is 0.308 e. The molecular weight excluding hydrogens is 60.9 g/mol. The van der Waals surface area contributed by atoms with Crippen molar-refractivity contribution in [1.82, 2.24) is 0 Å². The third-order valence-electron chi connectivity index (χ3n) is 0.365. The van der Waals surface area contributed by atoms with E-state index in [0.717, 1.165) is 6.54 Å². The first-order valence-electron chi connectivity index (χ1n) is 1.86. The lowest BCUT2D eigenvalue weighted by Crippen LogP contribution is -1.68. The van der Waals surface area contributed by atoms with E-state index >= 15 is 0 Å². The highest BCUT2D eigenvalue weighted by atomic mass is 14.7. The summed E-state index contributed by atoms with van der Waals surface area (Å²) in [4.78, 5) is 3.85.